The van der Waals surface area contributed by atoms with Gasteiger partial charge in [-0.2, -0.15) is 0 Å². The highest BCUT2D eigenvalue weighted by Gasteiger charge is 2.38. The molecule has 0 spiro atoms. The number of hydrogen-bond acceptors (Lipinski definition) is 2. The van der Waals surface area contributed by atoms with Gasteiger partial charge in [0.15, 0.2) is 0 Å². The molecule has 1 aliphatic heterocycles. The highest BCUT2D eigenvalue weighted by atomic mass is 79.9. The summed E-state index contributed by atoms with van der Waals surface area (Å²) in [6.07, 6.45) is 2.35. The largest absolute Gasteiger partial charge is 0.364 e. The van der Waals surface area contributed by atoms with Crippen molar-refractivity contribution in [1.29, 1.82) is 0 Å². The predicted octanol–water partition coefficient (Wildman–Crippen LogP) is 4.75. The summed E-state index contributed by atoms with van der Waals surface area (Å²) in [7, 11) is 0. The Labute approximate surface area is 138 Å². The smallest absolute Gasteiger partial charge is 0.0517 e. The third kappa shape index (κ3) is 3.29. The van der Waals surface area contributed by atoms with Gasteiger partial charge in [0.2, 0.25) is 0 Å². The maximum Gasteiger partial charge on any atom is 0.0517 e. The molecule has 0 saturated carbocycles. The number of anilines is 1. The summed E-state index contributed by atoms with van der Waals surface area (Å²) in [5, 5.41) is 3.84. The van der Waals surface area contributed by atoms with Crippen LogP contribution < -0.4 is 10.2 Å². The lowest BCUT2D eigenvalue weighted by Gasteiger charge is -2.50. The first-order valence-electron chi connectivity index (χ1n) is 8.21. The molecule has 0 radical (unpaired) electrons. The monoisotopic (exact) mass is 352 g/mol. The summed E-state index contributed by atoms with van der Waals surface area (Å²) in [5.41, 5.74) is 2.91. The first kappa shape index (κ1) is 16.8. The van der Waals surface area contributed by atoms with E-state index in [4.69, 9.17) is 0 Å². The molecular weight excluding hydrogens is 324 g/mol. The van der Waals surface area contributed by atoms with Gasteiger partial charge in [0, 0.05) is 29.1 Å². The van der Waals surface area contributed by atoms with E-state index in [1.54, 1.807) is 0 Å². The minimum absolute atomic E-state index is 0.245. The van der Waals surface area contributed by atoms with E-state index in [2.05, 4.69) is 79.0 Å². The quantitative estimate of drug-likeness (QED) is 0.840. The topological polar surface area (TPSA) is 15.3 Å². The van der Waals surface area contributed by atoms with E-state index in [0.717, 1.165) is 13.1 Å². The van der Waals surface area contributed by atoms with Gasteiger partial charge in [0.1, 0.15) is 0 Å². The number of aryl methyl sites for hydroxylation is 1. The molecule has 1 aliphatic rings. The lowest BCUT2D eigenvalue weighted by molar-refractivity contribution is 0.227. The molecule has 0 aliphatic carbocycles. The Kier molecular flexibility index (Phi) is 5.37. The molecule has 3 heteroatoms. The molecule has 2 nitrogen and oxygen atoms in total. The van der Waals surface area contributed by atoms with Gasteiger partial charge >= 0.3 is 0 Å². The maximum absolute atomic E-state index is 3.84. The molecule has 1 saturated heterocycles. The van der Waals surface area contributed by atoms with Gasteiger partial charge in [-0.3, -0.25) is 0 Å². The molecule has 1 aromatic carbocycles. The molecule has 1 aromatic rings. The van der Waals surface area contributed by atoms with Crippen molar-refractivity contribution in [3.63, 3.8) is 0 Å². The fraction of sp³-hybridized carbons (Fsp3) is 0.667. The first-order chi connectivity index (χ1) is 9.94. The number of nitrogens with one attached hydrogen (secondary N) is 1. The minimum atomic E-state index is 0.245. The first-order valence-corrected chi connectivity index (χ1v) is 9.00. The van der Waals surface area contributed by atoms with Crippen molar-refractivity contribution in [3.8, 4) is 0 Å². The van der Waals surface area contributed by atoms with E-state index in [0.29, 0.717) is 12.0 Å². The lowest BCUT2D eigenvalue weighted by Crippen LogP contribution is -2.65. The van der Waals surface area contributed by atoms with Crippen molar-refractivity contribution < 1.29 is 0 Å². The summed E-state index contributed by atoms with van der Waals surface area (Å²) < 4.78 is 1.25. The Morgan fingerprint density at radius 1 is 1.33 bits per heavy atom. The molecule has 1 fully saturated rings. The third-order valence-electron chi connectivity index (χ3n) is 5.16. The highest BCUT2D eigenvalue weighted by molar-refractivity contribution is 9.10. The zero-order valence-electron chi connectivity index (χ0n) is 14.0. The van der Waals surface area contributed by atoms with Crippen LogP contribution in [0, 0.1) is 12.8 Å². The summed E-state index contributed by atoms with van der Waals surface area (Å²) in [6.45, 7) is 13.6. The van der Waals surface area contributed by atoms with Gasteiger partial charge in [0.05, 0.1) is 5.69 Å². The second kappa shape index (κ2) is 6.70. The van der Waals surface area contributed by atoms with Gasteiger partial charge in [-0.1, -0.05) is 39.8 Å². The second-order valence-electron chi connectivity index (χ2n) is 6.72. The van der Waals surface area contributed by atoms with Crippen LogP contribution in [0.3, 0.4) is 0 Å². The van der Waals surface area contributed by atoms with Gasteiger partial charge in [-0.05, 0) is 53.2 Å². The van der Waals surface area contributed by atoms with Crippen molar-refractivity contribution in [2.75, 3.05) is 18.0 Å². The molecule has 118 valence electrons. The Bertz CT molecular complexity index is 480. The van der Waals surface area contributed by atoms with Crippen LogP contribution in [0.5, 0.6) is 0 Å². The summed E-state index contributed by atoms with van der Waals surface area (Å²) >= 11 is 3.81. The molecule has 21 heavy (non-hydrogen) atoms. The number of halogens is 1. The number of hydrogen-bond donors (Lipinski definition) is 1. The lowest BCUT2D eigenvalue weighted by atomic mass is 9.86. The van der Waals surface area contributed by atoms with Gasteiger partial charge in [-0.25, -0.2) is 0 Å². The predicted molar refractivity (Wildman–Crippen MR) is 96.2 cm³/mol. The SMILES string of the molecule is CCC1(CC)CN(c2cccc(C)c2Br)C(C(C)C)CN1. The standard InChI is InChI=1S/C18H29BrN2/c1-6-18(7-2)12-21(16(11-20-18)13(3)4)15-10-8-9-14(5)17(15)19/h8-10,13,16,20H,6-7,11-12H2,1-5H3. The number of nitrogens with zero attached hydrogens (tertiary/aromatic N) is 1. The Hall–Kier alpha value is -0.540. The summed E-state index contributed by atoms with van der Waals surface area (Å²) in [6, 6.07) is 7.16. The fourth-order valence-corrected chi connectivity index (χ4v) is 3.86. The molecule has 1 N–H and O–H groups in total. The number of rotatable bonds is 4. The molecule has 0 amide bonds. The van der Waals surface area contributed by atoms with E-state index in [1.807, 2.05) is 0 Å². The Morgan fingerprint density at radius 3 is 2.57 bits per heavy atom. The summed E-state index contributed by atoms with van der Waals surface area (Å²) in [5.74, 6) is 0.636. The van der Waals surface area contributed by atoms with Crippen LogP contribution in [0.2, 0.25) is 0 Å². The van der Waals surface area contributed by atoms with Crippen molar-refractivity contribution in [3.05, 3.63) is 28.2 Å². The van der Waals surface area contributed by atoms with Crippen LogP contribution >= 0.6 is 15.9 Å². The maximum atomic E-state index is 3.84. The second-order valence-corrected chi connectivity index (χ2v) is 7.51. The molecule has 0 bridgehead atoms. The fourth-order valence-electron chi connectivity index (χ4n) is 3.37. The molecular formula is C18H29BrN2. The van der Waals surface area contributed by atoms with Crippen molar-refractivity contribution in [2.45, 2.75) is 59.0 Å². The van der Waals surface area contributed by atoms with Crippen LogP contribution in [0.1, 0.15) is 46.1 Å². The Balaban J connectivity index is 2.41. The van der Waals surface area contributed by atoms with Gasteiger partial charge in [-0.15, -0.1) is 0 Å². The van der Waals surface area contributed by atoms with E-state index in [9.17, 15) is 0 Å². The van der Waals surface area contributed by atoms with Gasteiger partial charge in [0.25, 0.3) is 0 Å². The minimum Gasteiger partial charge on any atom is -0.364 e. The van der Waals surface area contributed by atoms with E-state index in [1.165, 1.54) is 28.6 Å². The molecule has 0 aromatic heterocycles. The number of piperazine rings is 1. The highest BCUT2D eigenvalue weighted by Crippen LogP contribution is 2.35. The van der Waals surface area contributed by atoms with E-state index < -0.39 is 0 Å². The molecule has 1 atom stereocenters. The Morgan fingerprint density at radius 2 is 2.00 bits per heavy atom. The van der Waals surface area contributed by atoms with Crippen LogP contribution in [0.25, 0.3) is 0 Å². The number of benzene rings is 1. The van der Waals surface area contributed by atoms with Crippen molar-refractivity contribution in [2.24, 2.45) is 5.92 Å². The van der Waals surface area contributed by atoms with Crippen LogP contribution in [-0.4, -0.2) is 24.7 Å². The zero-order chi connectivity index (χ0) is 15.6. The molecule has 1 heterocycles. The van der Waals surface area contributed by atoms with Crippen LogP contribution in [0.15, 0.2) is 22.7 Å². The van der Waals surface area contributed by atoms with E-state index in [-0.39, 0.29) is 5.54 Å². The molecule has 1 unspecified atom stereocenters. The van der Waals surface area contributed by atoms with Crippen LogP contribution in [0.4, 0.5) is 5.69 Å². The normalized spacial score (nSPS) is 21.9. The average Bonchev–Trinajstić information content (AvgIpc) is 2.49. The summed E-state index contributed by atoms with van der Waals surface area (Å²) in [4.78, 5) is 2.63. The van der Waals surface area contributed by atoms with Crippen molar-refractivity contribution in [1.82, 2.24) is 5.32 Å². The molecule has 2 rings (SSSR count). The van der Waals surface area contributed by atoms with Gasteiger partial charge < -0.3 is 10.2 Å². The zero-order valence-corrected chi connectivity index (χ0v) is 15.6. The van der Waals surface area contributed by atoms with Crippen LogP contribution in [-0.2, 0) is 0 Å². The third-order valence-corrected chi connectivity index (χ3v) is 6.20. The van der Waals surface area contributed by atoms with Crippen molar-refractivity contribution >= 4 is 21.6 Å². The van der Waals surface area contributed by atoms with E-state index >= 15 is 0 Å². The average molecular weight is 353 g/mol.